The minimum atomic E-state index is 0. The third-order valence-corrected chi connectivity index (χ3v) is 6.09. The zero-order valence-corrected chi connectivity index (χ0v) is 21.9. The first-order chi connectivity index (χ1) is 15.6. The highest BCUT2D eigenvalue weighted by molar-refractivity contribution is 14.0. The number of carbonyl (C=O) groups is 1. The van der Waals surface area contributed by atoms with Gasteiger partial charge >= 0.3 is 0 Å². The van der Waals surface area contributed by atoms with Gasteiger partial charge < -0.3 is 20.3 Å². The Balaban J connectivity index is 0.00000306. The molecule has 1 amide bonds. The monoisotopic (exact) mass is 562 g/mol. The van der Waals surface area contributed by atoms with E-state index in [0.29, 0.717) is 26.1 Å². The molecule has 33 heavy (non-hydrogen) atoms. The van der Waals surface area contributed by atoms with Gasteiger partial charge in [0.25, 0.3) is 0 Å². The van der Waals surface area contributed by atoms with Crippen molar-refractivity contribution in [3.63, 3.8) is 0 Å². The lowest BCUT2D eigenvalue weighted by molar-refractivity contribution is -0.128. The topological polar surface area (TPSA) is 66.0 Å². The fraction of sp³-hybridized carbons (Fsp3) is 0.462. The first-order valence-electron chi connectivity index (χ1n) is 11.6. The van der Waals surface area contributed by atoms with Crippen LogP contribution in [0.25, 0.3) is 0 Å². The molecule has 1 saturated carbocycles. The lowest BCUT2D eigenvalue weighted by Crippen LogP contribution is -2.36. The maximum Gasteiger partial charge on any atom is 0.222 e. The Morgan fingerprint density at radius 2 is 1.82 bits per heavy atom. The van der Waals surface area contributed by atoms with Gasteiger partial charge in [0, 0.05) is 45.2 Å². The first kappa shape index (κ1) is 25.3. The van der Waals surface area contributed by atoms with Crippen LogP contribution in [-0.4, -0.2) is 37.0 Å². The van der Waals surface area contributed by atoms with Gasteiger partial charge in [-0.1, -0.05) is 36.4 Å². The van der Waals surface area contributed by atoms with Gasteiger partial charge in [0.05, 0.1) is 6.61 Å². The summed E-state index contributed by atoms with van der Waals surface area (Å²) < 4.78 is 6.08. The zero-order valence-electron chi connectivity index (χ0n) is 19.6. The van der Waals surface area contributed by atoms with Gasteiger partial charge in [-0.2, -0.15) is 0 Å². The standard InChI is InChI=1S/C26H34N4O2.HI/c1-19-5-12-23(24(14-19)32-18-22-10-11-22)16-29-26(27-2)28-15-20-6-8-21(9-7-20)17-30-13-3-4-25(30)31;/h5-9,12,14,22H,3-4,10-11,13,15-18H2,1-2H3,(H2,27,28,29);1H. The number of nitrogens with zero attached hydrogens (tertiary/aromatic N) is 2. The molecular formula is C26H35IN4O2. The molecule has 7 heteroatoms. The summed E-state index contributed by atoms with van der Waals surface area (Å²) in [7, 11) is 1.78. The lowest BCUT2D eigenvalue weighted by Gasteiger charge is -2.16. The second-order valence-corrected chi connectivity index (χ2v) is 8.88. The Morgan fingerprint density at radius 1 is 1.09 bits per heavy atom. The molecule has 1 saturated heterocycles. The summed E-state index contributed by atoms with van der Waals surface area (Å²) >= 11 is 0. The number of carbonyl (C=O) groups excluding carboxylic acids is 1. The Bertz CT molecular complexity index is 957. The fourth-order valence-electron chi connectivity index (χ4n) is 3.87. The second-order valence-electron chi connectivity index (χ2n) is 8.88. The Kier molecular flexibility index (Phi) is 9.41. The predicted octanol–water partition coefficient (Wildman–Crippen LogP) is 4.39. The van der Waals surface area contributed by atoms with Crippen molar-refractivity contribution in [3.8, 4) is 5.75 Å². The van der Waals surface area contributed by atoms with Crippen LogP contribution in [-0.2, 0) is 24.4 Å². The molecule has 1 aliphatic heterocycles. The van der Waals surface area contributed by atoms with Crippen LogP contribution in [0.5, 0.6) is 5.75 Å². The van der Waals surface area contributed by atoms with Gasteiger partial charge in [-0.25, -0.2) is 0 Å². The molecule has 0 atom stereocenters. The maximum atomic E-state index is 11.8. The molecule has 2 aliphatic rings. The highest BCUT2D eigenvalue weighted by Crippen LogP contribution is 2.30. The van der Waals surface area contributed by atoms with E-state index in [1.54, 1.807) is 7.05 Å². The van der Waals surface area contributed by atoms with Crippen LogP contribution >= 0.6 is 24.0 Å². The van der Waals surface area contributed by atoms with Crippen LogP contribution in [0, 0.1) is 12.8 Å². The van der Waals surface area contributed by atoms with Crippen molar-refractivity contribution in [2.24, 2.45) is 10.9 Å². The highest BCUT2D eigenvalue weighted by atomic mass is 127. The Hall–Kier alpha value is -2.29. The lowest BCUT2D eigenvalue weighted by atomic mass is 10.1. The molecule has 4 rings (SSSR count). The van der Waals surface area contributed by atoms with E-state index < -0.39 is 0 Å². The van der Waals surface area contributed by atoms with E-state index in [0.717, 1.165) is 42.8 Å². The van der Waals surface area contributed by atoms with Gasteiger partial charge in [0.2, 0.25) is 5.91 Å². The molecule has 0 radical (unpaired) electrons. The number of amides is 1. The Morgan fingerprint density at radius 3 is 2.48 bits per heavy atom. The molecule has 6 nitrogen and oxygen atoms in total. The summed E-state index contributed by atoms with van der Waals surface area (Å²) in [6, 6.07) is 14.8. The van der Waals surface area contributed by atoms with E-state index in [4.69, 9.17) is 4.74 Å². The molecule has 1 heterocycles. The van der Waals surface area contributed by atoms with Crippen LogP contribution in [0.4, 0.5) is 0 Å². The largest absolute Gasteiger partial charge is 0.493 e. The number of ether oxygens (including phenoxy) is 1. The number of hydrogen-bond donors (Lipinski definition) is 2. The molecule has 0 bridgehead atoms. The summed E-state index contributed by atoms with van der Waals surface area (Å²) in [4.78, 5) is 18.1. The Labute approximate surface area is 214 Å². The zero-order chi connectivity index (χ0) is 22.3. The molecular weight excluding hydrogens is 527 g/mol. The summed E-state index contributed by atoms with van der Waals surface area (Å²) in [5, 5.41) is 6.78. The van der Waals surface area contributed by atoms with Crippen molar-refractivity contribution in [2.75, 3.05) is 20.2 Å². The molecule has 2 aromatic rings. The van der Waals surface area contributed by atoms with E-state index >= 15 is 0 Å². The van der Waals surface area contributed by atoms with Gasteiger partial charge in [-0.3, -0.25) is 9.79 Å². The van der Waals surface area contributed by atoms with Crippen LogP contribution in [0.2, 0.25) is 0 Å². The third-order valence-electron chi connectivity index (χ3n) is 6.09. The van der Waals surface area contributed by atoms with Crippen LogP contribution in [0.15, 0.2) is 47.5 Å². The minimum absolute atomic E-state index is 0. The van der Waals surface area contributed by atoms with Crippen molar-refractivity contribution < 1.29 is 9.53 Å². The number of guanidine groups is 1. The number of likely N-dealkylation sites (tertiary alicyclic amines) is 1. The number of nitrogens with one attached hydrogen (secondary N) is 2. The van der Waals surface area contributed by atoms with Gasteiger partial charge in [-0.15, -0.1) is 24.0 Å². The summed E-state index contributed by atoms with van der Waals surface area (Å²) in [5.74, 6) is 2.71. The number of halogens is 1. The van der Waals surface area contributed by atoms with Crippen molar-refractivity contribution in [2.45, 2.75) is 52.2 Å². The van der Waals surface area contributed by atoms with E-state index in [-0.39, 0.29) is 29.9 Å². The summed E-state index contributed by atoms with van der Waals surface area (Å²) in [6.07, 6.45) is 4.23. The van der Waals surface area contributed by atoms with Crippen molar-refractivity contribution in [3.05, 3.63) is 64.7 Å². The average Bonchev–Trinajstić information content (AvgIpc) is 3.55. The number of rotatable bonds is 9. The summed E-state index contributed by atoms with van der Waals surface area (Å²) in [5.41, 5.74) is 4.69. The molecule has 2 N–H and O–H groups in total. The van der Waals surface area contributed by atoms with Crippen LogP contribution < -0.4 is 15.4 Å². The third kappa shape index (κ3) is 7.62. The molecule has 0 unspecified atom stereocenters. The SMILES string of the molecule is CN=C(NCc1ccc(CN2CCCC2=O)cc1)NCc1ccc(C)cc1OCC1CC1.I. The normalized spacial score (nSPS) is 15.9. The van der Waals surface area contributed by atoms with E-state index in [2.05, 4.69) is 65.0 Å². The minimum Gasteiger partial charge on any atom is -0.493 e. The maximum absolute atomic E-state index is 11.8. The molecule has 0 spiro atoms. The van der Waals surface area contributed by atoms with Crippen molar-refractivity contribution >= 4 is 35.8 Å². The molecule has 2 aromatic carbocycles. The summed E-state index contributed by atoms with van der Waals surface area (Å²) in [6.45, 7) is 5.82. The molecule has 1 aliphatic carbocycles. The van der Waals surface area contributed by atoms with Crippen LogP contribution in [0.3, 0.4) is 0 Å². The predicted molar refractivity (Wildman–Crippen MR) is 143 cm³/mol. The number of hydrogen-bond acceptors (Lipinski definition) is 3. The van der Waals surface area contributed by atoms with E-state index in [9.17, 15) is 4.79 Å². The van der Waals surface area contributed by atoms with Gasteiger partial charge in [0.15, 0.2) is 5.96 Å². The van der Waals surface area contributed by atoms with Crippen molar-refractivity contribution in [1.29, 1.82) is 0 Å². The van der Waals surface area contributed by atoms with Crippen molar-refractivity contribution in [1.82, 2.24) is 15.5 Å². The molecule has 178 valence electrons. The fourth-order valence-corrected chi connectivity index (χ4v) is 3.87. The number of aryl methyl sites for hydroxylation is 1. The van der Waals surface area contributed by atoms with E-state index in [1.165, 1.54) is 29.5 Å². The molecule has 0 aromatic heterocycles. The molecule has 2 fully saturated rings. The smallest absolute Gasteiger partial charge is 0.222 e. The number of benzene rings is 2. The van der Waals surface area contributed by atoms with Gasteiger partial charge in [0.1, 0.15) is 5.75 Å². The first-order valence-corrected chi connectivity index (χ1v) is 11.6. The van der Waals surface area contributed by atoms with E-state index in [1.807, 2.05) is 4.90 Å². The number of aliphatic imine (C=N–C) groups is 1. The second kappa shape index (κ2) is 12.3. The average molecular weight is 562 g/mol. The highest BCUT2D eigenvalue weighted by Gasteiger charge is 2.22. The van der Waals surface area contributed by atoms with Crippen LogP contribution in [0.1, 0.15) is 47.9 Å². The quantitative estimate of drug-likeness (QED) is 0.271. The van der Waals surface area contributed by atoms with Gasteiger partial charge in [-0.05, 0) is 54.9 Å².